The molecule has 15 heavy (non-hydrogen) atoms. The summed E-state index contributed by atoms with van der Waals surface area (Å²) in [5.41, 5.74) is 0. The minimum atomic E-state index is 0.190. The summed E-state index contributed by atoms with van der Waals surface area (Å²) < 4.78 is 0. The van der Waals surface area contributed by atoms with Crippen molar-refractivity contribution < 1.29 is 9.90 Å². The molecule has 0 aromatic rings. The number of hydrogen-bond acceptors (Lipinski definition) is 3. The number of amides is 1. The molecule has 1 saturated heterocycles. The molecule has 1 atom stereocenters. The summed E-state index contributed by atoms with van der Waals surface area (Å²) in [6.45, 7) is 2.26. The maximum absolute atomic E-state index is 11.3. The number of aliphatic hydroxyl groups is 1. The maximum atomic E-state index is 11.3. The van der Waals surface area contributed by atoms with E-state index in [2.05, 4.69) is 4.90 Å². The van der Waals surface area contributed by atoms with Gasteiger partial charge < -0.3 is 10.0 Å². The number of hydrogen-bond donors (Lipinski definition) is 1. The molecule has 1 heterocycles. The van der Waals surface area contributed by atoms with Crippen molar-refractivity contribution in [3.63, 3.8) is 0 Å². The predicted molar refractivity (Wildman–Crippen MR) is 59.6 cm³/mol. The van der Waals surface area contributed by atoms with Gasteiger partial charge in [-0.2, -0.15) is 0 Å². The molecule has 1 aliphatic heterocycles. The van der Waals surface area contributed by atoms with E-state index in [1.165, 1.54) is 6.42 Å². The van der Waals surface area contributed by atoms with Crippen LogP contribution >= 0.6 is 0 Å². The summed E-state index contributed by atoms with van der Waals surface area (Å²) in [6, 6.07) is 0.333. The summed E-state index contributed by atoms with van der Waals surface area (Å²) >= 11 is 0. The first-order chi connectivity index (χ1) is 7.15. The van der Waals surface area contributed by atoms with Crippen molar-refractivity contribution in [1.29, 1.82) is 0 Å². The molecule has 1 aliphatic rings. The standard InChI is InChI=1S/C11H22N2O2/c1-12(2)11(15)6-4-8-13-7-3-5-10(13)9-14/h10,14H,3-9H2,1-2H3. The normalized spacial score (nSPS) is 21.9. The predicted octanol–water partition coefficient (Wildman–Crippen LogP) is 0.311. The van der Waals surface area contributed by atoms with Gasteiger partial charge in [-0.25, -0.2) is 0 Å². The van der Waals surface area contributed by atoms with Crippen molar-refractivity contribution in [3.05, 3.63) is 0 Å². The molecule has 88 valence electrons. The van der Waals surface area contributed by atoms with Gasteiger partial charge in [0.05, 0.1) is 6.61 Å². The zero-order valence-corrected chi connectivity index (χ0v) is 9.78. The number of carbonyl (C=O) groups excluding carboxylic acids is 1. The van der Waals surface area contributed by atoms with Gasteiger partial charge in [0, 0.05) is 26.6 Å². The summed E-state index contributed by atoms with van der Waals surface area (Å²) in [5, 5.41) is 9.12. The van der Waals surface area contributed by atoms with Crippen LogP contribution in [0.1, 0.15) is 25.7 Å². The lowest BCUT2D eigenvalue weighted by Crippen LogP contribution is -2.33. The topological polar surface area (TPSA) is 43.8 Å². The third-order valence-electron chi connectivity index (χ3n) is 3.04. The van der Waals surface area contributed by atoms with E-state index in [4.69, 9.17) is 5.11 Å². The average Bonchev–Trinajstić information content (AvgIpc) is 2.65. The van der Waals surface area contributed by atoms with Crippen LogP contribution in [0.2, 0.25) is 0 Å². The van der Waals surface area contributed by atoms with E-state index >= 15 is 0 Å². The fourth-order valence-electron chi connectivity index (χ4n) is 2.05. The van der Waals surface area contributed by atoms with Crippen LogP contribution in [0.4, 0.5) is 0 Å². The monoisotopic (exact) mass is 214 g/mol. The highest BCUT2D eigenvalue weighted by Crippen LogP contribution is 2.16. The van der Waals surface area contributed by atoms with Crippen molar-refractivity contribution in [2.75, 3.05) is 33.8 Å². The number of carbonyl (C=O) groups is 1. The first-order valence-corrected chi connectivity index (χ1v) is 5.70. The van der Waals surface area contributed by atoms with Gasteiger partial charge in [0.2, 0.25) is 5.91 Å². The van der Waals surface area contributed by atoms with Gasteiger partial charge in [0.1, 0.15) is 0 Å². The maximum Gasteiger partial charge on any atom is 0.222 e. The summed E-state index contributed by atoms with van der Waals surface area (Å²) in [6.07, 6.45) is 3.78. The minimum Gasteiger partial charge on any atom is -0.395 e. The Bertz CT molecular complexity index is 207. The Kier molecular flexibility index (Phi) is 5.05. The van der Waals surface area contributed by atoms with Gasteiger partial charge in [-0.15, -0.1) is 0 Å². The van der Waals surface area contributed by atoms with Crippen LogP contribution in [0.15, 0.2) is 0 Å². The molecular weight excluding hydrogens is 192 g/mol. The molecule has 4 nitrogen and oxygen atoms in total. The van der Waals surface area contributed by atoms with E-state index < -0.39 is 0 Å². The van der Waals surface area contributed by atoms with E-state index in [1.807, 2.05) is 0 Å². The second-order valence-corrected chi connectivity index (χ2v) is 4.41. The molecule has 1 rings (SSSR count). The Balaban J connectivity index is 2.17. The van der Waals surface area contributed by atoms with Gasteiger partial charge in [-0.1, -0.05) is 0 Å². The average molecular weight is 214 g/mol. The van der Waals surface area contributed by atoms with Gasteiger partial charge in [-0.3, -0.25) is 9.69 Å². The Labute approximate surface area is 91.9 Å². The zero-order valence-electron chi connectivity index (χ0n) is 9.78. The van der Waals surface area contributed by atoms with Gasteiger partial charge in [0.25, 0.3) is 0 Å². The number of aliphatic hydroxyl groups excluding tert-OH is 1. The highest BCUT2D eigenvalue weighted by molar-refractivity contribution is 5.75. The van der Waals surface area contributed by atoms with Crippen LogP contribution in [0.3, 0.4) is 0 Å². The molecule has 0 saturated carbocycles. The second kappa shape index (κ2) is 6.08. The zero-order chi connectivity index (χ0) is 11.3. The summed E-state index contributed by atoms with van der Waals surface area (Å²) in [5.74, 6) is 0.190. The number of nitrogens with zero attached hydrogens (tertiary/aromatic N) is 2. The molecule has 0 spiro atoms. The highest BCUT2D eigenvalue weighted by Gasteiger charge is 2.22. The Morgan fingerprint density at radius 3 is 2.87 bits per heavy atom. The highest BCUT2D eigenvalue weighted by atomic mass is 16.3. The molecule has 1 fully saturated rings. The van der Waals surface area contributed by atoms with Crippen LogP contribution in [0.25, 0.3) is 0 Å². The number of likely N-dealkylation sites (tertiary alicyclic amines) is 1. The molecule has 1 amide bonds. The van der Waals surface area contributed by atoms with Crippen LogP contribution in [-0.2, 0) is 4.79 Å². The van der Waals surface area contributed by atoms with Crippen molar-refractivity contribution in [2.45, 2.75) is 31.7 Å². The van der Waals surface area contributed by atoms with Gasteiger partial charge in [-0.05, 0) is 32.4 Å². The van der Waals surface area contributed by atoms with Gasteiger partial charge >= 0.3 is 0 Å². The largest absolute Gasteiger partial charge is 0.395 e. The lowest BCUT2D eigenvalue weighted by Gasteiger charge is -2.22. The number of rotatable bonds is 5. The molecule has 0 bridgehead atoms. The molecular formula is C11H22N2O2. The lowest BCUT2D eigenvalue weighted by molar-refractivity contribution is -0.128. The minimum absolute atomic E-state index is 0.190. The van der Waals surface area contributed by atoms with E-state index in [9.17, 15) is 4.79 Å². The van der Waals surface area contributed by atoms with E-state index in [0.717, 1.165) is 25.9 Å². The van der Waals surface area contributed by atoms with Crippen molar-refractivity contribution >= 4 is 5.91 Å². The summed E-state index contributed by atoms with van der Waals surface area (Å²) in [7, 11) is 3.57. The van der Waals surface area contributed by atoms with Crippen molar-refractivity contribution in [1.82, 2.24) is 9.80 Å². The SMILES string of the molecule is CN(C)C(=O)CCCN1CCCC1CO. The Morgan fingerprint density at radius 2 is 2.27 bits per heavy atom. The van der Waals surface area contributed by atoms with Crippen molar-refractivity contribution in [2.24, 2.45) is 0 Å². The molecule has 0 aromatic carbocycles. The fourth-order valence-corrected chi connectivity index (χ4v) is 2.05. The van der Waals surface area contributed by atoms with Crippen LogP contribution in [0.5, 0.6) is 0 Å². The second-order valence-electron chi connectivity index (χ2n) is 4.41. The molecule has 4 heteroatoms. The fraction of sp³-hybridized carbons (Fsp3) is 0.909. The Morgan fingerprint density at radius 1 is 1.53 bits per heavy atom. The quantitative estimate of drug-likeness (QED) is 0.716. The molecule has 0 aromatic heterocycles. The first-order valence-electron chi connectivity index (χ1n) is 5.70. The molecule has 0 aliphatic carbocycles. The van der Waals surface area contributed by atoms with E-state index in [-0.39, 0.29) is 12.5 Å². The van der Waals surface area contributed by atoms with Gasteiger partial charge in [0.15, 0.2) is 0 Å². The van der Waals surface area contributed by atoms with E-state index in [0.29, 0.717) is 12.5 Å². The lowest BCUT2D eigenvalue weighted by atomic mass is 10.2. The molecule has 1 N–H and O–H groups in total. The van der Waals surface area contributed by atoms with Crippen LogP contribution in [0, 0.1) is 0 Å². The molecule has 0 radical (unpaired) electrons. The third-order valence-corrected chi connectivity index (χ3v) is 3.04. The van der Waals surface area contributed by atoms with E-state index in [1.54, 1.807) is 19.0 Å². The smallest absolute Gasteiger partial charge is 0.222 e. The van der Waals surface area contributed by atoms with Crippen molar-refractivity contribution in [3.8, 4) is 0 Å². The van der Waals surface area contributed by atoms with Crippen LogP contribution < -0.4 is 0 Å². The first kappa shape index (κ1) is 12.5. The molecule has 1 unspecified atom stereocenters. The van der Waals surface area contributed by atoms with Crippen LogP contribution in [-0.4, -0.2) is 60.6 Å². The third kappa shape index (κ3) is 3.80. The summed E-state index contributed by atoms with van der Waals surface area (Å²) in [4.78, 5) is 15.3. The Hall–Kier alpha value is -0.610.